The molecule has 35 heavy (non-hydrogen) atoms. The maximum Gasteiger partial charge on any atom is 0.446 e. The van der Waals surface area contributed by atoms with Gasteiger partial charge < -0.3 is 9.30 Å². The Morgan fingerprint density at radius 3 is 2.54 bits per heavy atom. The Bertz CT molecular complexity index is 1360. The van der Waals surface area contributed by atoms with E-state index >= 15 is 0 Å². The number of rotatable bonds is 8. The lowest BCUT2D eigenvalue weighted by Gasteiger charge is -2.10. The number of alkyl halides is 3. The summed E-state index contributed by atoms with van der Waals surface area (Å²) in [5.41, 5.74) is -1.25. The summed E-state index contributed by atoms with van der Waals surface area (Å²) >= 11 is 1.20. The highest BCUT2D eigenvalue weighted by atomic mass is 32.2. The molecule has 0 aliphatic heterocycles. The molecule has 0 bridgehead atoms. The fraction of sp³-hybridized carbons (Fsp3) is 0.200. The molecule has 4 aromatic rings. The van der Waals surface area contributed by atoms with Crippen molar-refractivity contribution in [3.05, 3.63) is 89.2 Å². The molecule has 4 rings (SSSR count). The predicted octanol–water partition coefficient (Wildman–Crippen LogP) is 7.30. The molecule has 0 aliphatic rings. The number of halogens is 4. The van der Waals surface area contributed by atoms with E-state index in [-0.39, 0.29) is 29.1 Å². The molecular weight excluding hydrogens is 500 g/mol. The van der Waals surface area contributed by atoms with Gasteiger partial charge in [0.15, 0.2) is 5.16 Å². The van der Waals surface area contributed by atoms with Gasteiger partial charge in [0.2, 0.25) is 0 Å². The van der Waals surface area contributed by atoms with E-state index in [0.29, 0.717) is 34.1 Å². The van der Waals surface area contributed by atoms with Gasteiger partial charge in [0.05, 0.1) is 29.7 Å². The Balaban J connectivity index is 1.65. The van der Waals surface area contributed by atoms with Crippen LogP contribution in [0, 0.1) is 5.82 Å². The van der Waals surface area contributed by atoms with Gasteiger partial charge in [-0.3, -0.25) is 0 Å². The monoisotopic (exact) mass is 520 g/mol. The van der Waals surface area contributed by atoms with E-state index in [1.54, 1.807) is 49.4 Å². The molecule has 3 aromatic carbocycles. The molecule has 10 heteroatoms. The third kappa shape index (κ3) is 6.58. The van der Waals surface area contributed by atoms with E-state index in [1.807, 2.05) is 4.57 Å². The number of hydrogen-bond donors (Lipinski definition) is 0. The number of aromatic nitrogens is 2. The van der Waals surface area contributed by atoms with Gasteiger partial charge in [-0.2, -0.15) is 13.2 Å². The van der Waals surface area contributed by atoms with Crippen molar-refractivity contribution in [1.82, 2.24) is 9.55 Å². The van der Waals surface area contributed by atoms with Gasteiger partial charge in [-0.1, -0.05) is 36.0 Å². The fourth-order valence-corrected chi connectivity index (χ4v) is 5.09. The highest BCUT2D eigenvalue weighted by molar-refractivity contribution is 8.00. The van der Waals surface area contributed by atoms with Crippen LogP contribution in [-0.2, 0) is 17.0 Å². The second-order valence-corrected chi connectivity index (χ2v) is 9.60. The summed E-state index contributed by atoms with van der Waals surface area (Å²) in [6, 6.07) is 17.5. The maximum absolute atomic E-state index is 13.8. The van der Waals surface area contributed by atoms with Gasteiger partial charge in [-0.05, 0) is 72.3 Å². The molecule has 0 fully saturated rings. The highest BCUT2D eigenvalue weighted by Gasteiger charge is 2.29. The molecule has 182 valence electrons. The normalized spacial score (nSPS) is 11.7. The second kappa shape index (κ2) is 10.7. The van der Waals surface area contributed by atoms with E-state index in [4.69, 9.17) is 4.74 Å². The smallest absolute Gasteiger partial charge is 0.446 e. The number of ether oxygens (including phenoxy) is 1. The van der Waals surface area contributed by atoms with E-state index in [0.717, 1.165) is 11.1 Å². The Kier molecular flexibility index (Phi) is 7.71. The summed E-state index contributed by atoms with van der Waals surface area (Å²) in [6.07, 6.45) is 0. The van der Waals surface area contributed by atoms with Crippen molar-refractivity contribution in [3.63, 3.8) is 0 Å². The topological polar surface area (TPSA) is 44.1 Å². The summed E-state index contributed by atoms with van der Waals surface area (Å²) in [4.78, 5) is 16.9. The van der Waals surface area contributed by atoms with Gasteiger partial charge in [-0.25, -0.2) is 14.2 Å². The molecule has 4 nitrogen and oxygen atoms in total. The van der Waals surface area contributed by atoms with Crippen LogP contribution in [-0.4, -0.2) is 27.6 Å². The van der Waals surface area contributed by atoms with E-state index < -0.39 is 11.5 Å². The standard InChI is InChI=1S/C25H20F4N2O2S2/c1-2-33-23(32)18-9-10-22-21(13-18)30-24(31(22)14-16-5-3-7-19(26)11-16)34-15-17-6-4-8-20(12-17)35-25(27,28)29/h3-13H,2,14-15H2,1H3. The molecule has 1 heterocycles. The van der Waals surface area contributed by atoms with Gasteiger partial charge in [0.1, 0.15) is 5.82 Å². The third-order valence-electron chi connectivity index (χ3n) is 4.95. The third-order valence-corrected chi connectivity index (χ3v) is 6.72. The van der Waals surface area contributed by atoms with Crippen LogP contribution in [0.1, 0.15) is 28.4 Å². The zero-order valence-electron chi connectivity index (χ0n) is 18.5. The lowest BCUT2D eigenvalue weighted by Crippen LogP contribution is -2.05. The minimum atomic E-state index is -4.36. The van der Waals surface area contributed by atoms with E-state index in [1.165, 1.54) is 36.0 Å². The molecule has 0 saturated heterocycles. The van der Waals surface area contributed by atoms with Crippen LogP contribution >= 0.6 is 23.5 Å². The number of imidazole rings is 1. The average Bonchev–Trinajstić information content (AvgIpc) is 3.13. The summed E-state index contributed by atoms with van der Waals surface area (Å²) in [5.74, 6) is -0.435. The molecule has 0 aliphatic carbocycles. The molecular formula is C25H20F4N2O2S2. The number of thioether (sulfide) groups is 2. The van der Waals surface area contributed by atoms with Gasteiger partial charge in [0, 0.05) is 10.6 Å². The van der Waals surface area contributed by atoms with E-state index in [9.17, 15) is 22.4 Å². The number of benzene rings is 3. The minimum Gasteiger partial charge on any atom is -0.462 e. The van der Waals surface area contributed by atoms with Crippen LogP contribution in [0.2, 0.25) is 0 Å². The Hall–Kier alpha value is -2.98. The number of nitrogens with zero attached hydrogens (tertiary/aromatic N) is 2. The summed E-state index contributed by atoms with van der Waals surface area (Å²) < 4.78 is 59.0. The molecule has 0 amide bonds. The number of carbonyl (C=O) groups excluding carboxylic acids is 1. The Morgan fingerprint density at radius 2 is 1.80 bits per heavy atom. The number of hydrogen-bond acceptors (Lipinski definition) is 5. The van der Waals surface area contributed by atoms with Crippen LogP contribution in [0.4, 0.5) is 17.6 Å². The fourth-order valence-electron chi connectivity index (χ4n) is 3.51. The van der Waals surface area contributed by atoms with Gasteiger partial charge in [0.25, 0.3) is 0 Å². The molecule has 0 radical (unpaired) electrons. The van der Waals surface area contributed by atoms with Crippen molar-refractivity contribution in [2.24, 2.45) is 0 Å². The maximum atomic E-state index is 13.8. The predicted molar refractivity (Wildman–Crippen MR) is 129 cm³/mol. The van der Waals surface area contributed by atoms with Gasteiger partial charge in [-0.15, -0.1) is 0 Å². The zero-order valence-corrected chi connectivity index (χ0v) is 20.1. The Morgan fingerprint density at radius 1 is 1.03 bits per heavy atom. The first-order valence-electron chi connectivity index (χ1n) is 10.6. The molecule has 0 N–H and O–H groups in total. The van der Waals surface area contributed by atoms with Gasteiger partial charge >= 0.3 is 11.5 Å². The molecule has 0 saturated carbocycles. The van der Waals surface area contributed by atoms with Crippen molar-refractivity contribution < 1.29 is 27.1 Å². The first-order valence-corrected chi connectivity index (χ1v) is 12.4. The number of carbonyl (C=O) groups is 1. The Labute approximate surface area is 207 Å². The lowest BCUT2D eigenvalue weighted by molar-refractivity contribution is -0.0328. The minimum absolute atomic E-state index is 0.114. The average molecular weight is 521 g/mol. The highest BCUT2D eigenvalue weighted by Crippen LogP contribution is 2.37. The van der Waals surface area contributed by atoms with Crippen LogP contribution < -0.4 is 0 Å². The molecule has 1 aromatic heterocycles. The quantitative estimate of drug-likeness (QED) is 0.139. The molecule has 0 unspecified atom stereocenters. The van der Waals surface area contributed by atoms with E-state index in [2.05, 4.69) is 4.98 Å². The van der Waals surface area contributed by atoms with Crippen molar-refractivity contribution in [2.45, 2.75) is 34.8 Å². The summed E-state index contributed by atoms with van der Waals surface area (Å²) in [5, 5.41) is 0.596. The van der Waals surface area contributed by atoms with Crippen LogP contribution in [0.15, 0.2) is 76.8 Å². The van der Waals surface area contributed by atoms with Crippen molar-refractivity contribution in [3.8, 4) is 0 Å². The first-order chi connectivity index (χ1) is 16.7. The van der Waals surface area contributed by atoms with Crippen molar-refractivity contribution >= 4 is 40.5 Å². The van der Waals surface area contributed by atoms with Crippen molar-refractivity contribution in [2.75, 3.05) is 6.61 Å². The summed E-state index contributed by atoms with van der Waals surface area (Å²) in [7, 11) is 0. The number of fused-ring (bicyclic) bond motifs is 1. The SMILES string of the molecule is CCOC(=O)c1ccc2c(c1)nc(SCc1cccc(SC(F)(F)F)c1)n2Cc1cccc(F)c1. The zero-order chi connectivity index (χ0) is 25.0. The molecule has 0 atom stereocenters. The second-order valence-electron chi connectivity index (χ2n) is 7.52. The largest absolute Gasteiger partial charge is 0.462 e. The van der Waals surface area contributed by atoms with Crippen molar-refractivity contribution in [1.29, 1.82) is 0 Å². The van der Waals surface area contributed by atoms with Crippen LogP contribution in [0.3, 0.4) is 0 Å². The number of esters is 1. The summed E-state index contributed by atoms with van der Waals surface area (Å²) in [6.45, 7) is 2.30. The first kappa shape index (κ1) is 25.1. The molecule has 0 spiro atoms. The van der Waals surface area contributed by atoms with Crippen LogP contribution in [0.25, 0.3) is 11.0 Å². The lowest BCUT2D eigenvalue weighted by atomic mass is 10.2. The van der Waals surface area contributed by atoms with Crippen LogP contribution in [0.5, 0.6) is 0 Å².